The van der Waals surface area contributed by atoms with E-state index in [-0.39, 0.29) is 12.3 Å². The van der Waals surface area contributed by atoms with Gasteiger partial charge in [0.15, 0.2) is 12.0 Å². The van der Waals surface area contributed by atoms with E-state index in [1.54, 1.807) is 6.92 Å². The number of rotatable bonds is 1. The summed E-state index contributed by atoms with van der Waals surface area (Å²) in [5.74, 6) is -1.16. The quantitative estimate of drug-likeness (QED) is 0.316. The Labute approximate surface area is 203 Å². The van der Waals surface area contributed by atoms with Crippen LogP contribution in [0.25, 0.3) is 43.6 Å². The second-order valence-corrected chi connectivity index (χ2v) is 9.96. The number of benzene rings is 3. The van der Waals surface area contributed by atoms with Gasteiger partial charge >= 0.3 is 5.97 Å². The summed E-state index contributed by atoms with van der Waals surface area (Å²) in [5.41, 5.74) is 0.347. The van der Waals surface area contributed by atoms with Crippen molar-refractivity contribution < 1.29 is 29.3 Å². The molecule has 3 aliphatic heterocycles. The van der Waals surface area contributed by atoms with Crippen molar-refractivity contribution in [1.29, 1.82) is 0 Å². The molecule has 3 aliphatic rings. The zero-order valence-corrected chi connectivity index (χ0v) is 19.4. The summed E-state index contributed by atoms with van der Waals surface area (Å²) in [6.45, 7) is 1.69. The van der Waals surface area contributed by atoms with Crippen LogP contribution in [0.4, 0.5) is 0 Å². The van der Waals surface area contributed by atoms with E-state index in [2.05, 4.69) is 5.32 Å². The first-order valence-corrected chi connectivity index (χ1v) is 11.8. The summed E-state index contributed by atoms with van der Waals surface area (Å²) >= 11 is 0. The predicted molar refractivity (Wildman–Crippen MR) is 130 cm³/mol. The first-order valence-electron chi connectivity index (χ1n) is 11.8. The highest BCUT2D eigenvalue weighted by atomic mass is 16.6. The number of carbonyl (C=O) groups excluding carboxylic acids is 2. The molecular formula is C27H21N3O6. The minimum absolute atomic E-state index is 0.0335. The van der Waals surface area contributed by atoms with Gasteiger partial charge in [0.05, 0.1) is 34.7 Å². The van der Waals surface area contributed by atoms with E-state index in [9.17, 15) is 19.8 Å². The number of para-hydroxylation sites is 2. The van der Waals surface area contributed by atoms with Crippen molar-refractivity contribution >= 4 is 55.5 Å². The molecule has 0 radical (unpaired) electrons. The summed E-state index contributed by atoms with van der Waals surface area (Å²) in [4.78, 5) is 26.5. The summed E-state index contributed by atoms with van der Waals surface area (Å²) in [6.07, 6.45) is -1.90. The minimum atomic E-state index is -2.00. The number of aliphatic hydroxyl groups excluding tert-OH is 1. The van der Waals surface area contributed by atoms with E-state index in [1.807, 2.05) is 57.7 Å². The van der Waals surface area contributed by atoms with E-state index in [0.29, 0.717) is 27.5 Å². The van der Waals surface area contributed by atoms with E-state index in [0.717, 1.165) is 27.2 Å². The van der Waals surface area contributed by atoms with Gasteiger partial charge in [-0.1, -0.05) is 36.4 Å². The fraction of sp³-hybridized carbons (Fsp3) is 0.259. The molecule has 1 amide bonds. The van der Waals surface area contributed by atoms with E-state index < -0.39 is 29.8 Å². The molecule has 2 aromatic heterocycles. The molecule has 9 nitrogen and oxygen atoms in total. The molecule has 4 atom stereocenters. The number of ether oxygens (including phenoxy) is 2. The van der Waals surface area contributed by atoms with Gasteiger partial charge in [-0.25, -0.2) is 4.79 Å². The molecule has 3 aromatic carbocycles. The third-order valence-electron chi connectivity index (χ3n) is 8.41. The molecule has 2 bridgehead atoms. The molecule has 0 spiro atoms. The number of nitrogens with zero attached hydrogens (tertiary/aromatic N) is 2. The largest absolute Gasteiger partial charge is 0.467 e. The Kier molecular flexibility index (Phi) is 3.42. The smallest absolute Gasteiger partial charge is 0.343 e. The number of esters is 1. The Morgan fingerprint density at radius 2 is 1.75 bits per heavy atom. The lowest BCUT2D eigenvalue weighted by atomic mass is 9.88. The first kappa shape index (κ1) is 20.3. The van der Waals surface area contributed by atoms with Gasteiger partial charge in [0.25, 0.3) is 5.91 Å². The molecule has 5 heterocycles. The van der Waals surface area contributed by atoms with Crippen LogP contribution in [-0.4, -0.2) is 43.9 Å². The maximum atomic E-state index is 13.3. The summed E-state index contributed by atoms with van der Waals surface area (Å²) in [7, 11) is 1.25. The Bertz CT molecular complexity index is 1870. The van der Waals surface area contributed by atoms with Crippen LogP contribution in [0.5, 0.6) is 0 Å². The highest BCUT2D eigenvalue weighted by Gasteiger charge is 2.66. The van der Waals surface area contributed by atoms with Crippen molar-refractivity contribution in [2.45, 2.75) is 37.1 Å². The number of hydrogen-bond donors (Lipinski definition) is 3. The van der Waals surface area contributed by atoms with Gasteiger partial charge in [0.2, 0.25) is 5.60 Å². The molecule has 3 N–H and O–H groups in total. The Morgan fingerprint density at radius 3 is 2.47 bits per heavy atom. The second-order valence-electron chi connectivity index (χ2n) is 9.96. The SMILES string of the molecule is COC(=O)[C@@]1(O)C[C@H]2O[C@]1(C)n1c3ccccc3c3c4c(c5c6ccccc6n2c5c31)C(O)NC4=O. The minimum Gasteiger partial charge on any atom is -0.467 e. The lowest BCUT2D eigenvalue weighted by molar-refractivity contribution is -0.202. The standard InChI is InChI=1S/C27H21N3O6/c1-26-27(34,25(33)35-2)11-16(36-26)29-14-9-5-3-7-12(14)17-19-20(24(32)28-23(19)31)18-13-8-4-6-10-15(13)30(26)22(18)21(17)29/h3-10,16,23,31,34H,11H2,1-2H3,(H,28,32)/t16-,23?,26+,27+/m1/s1. The van der Waals surface area contributed by atoms with Crippen LogP contribution in [0.15, 0.2) is 48.5 Å². The molecule has 1 unspecified atom stereocenters. The summed E-state index contributed by atoms with van der Waals surface area (Å²) in [5, 5.41) is 28.7. The van der Waals surface area contributed by atoms with E-state index in [1.165, 1.54) is 7.11 Å². The maximum absolute atomic E-state index is 13.3. The van der Waals surface area contributed by atoms with Gasteiger partial charge < -0.3 is 34.1 Å². The van der Waals surface area contributed by atoms with Gasteiger partial charge in [-0.3, -0.25) is 4.79 Å². The van der Waals surface area contributed by atoms with E-state index in [4.69, 9.17) is 9.47 Å². The van der Waals surface area contributed by atoms with Gasteiger partial charge in [-0.2, -0.15) is 0 Å². The maximum Gasteiger partial charge on any atom is 0.343 e. The molecule has 36 heavy (non-hydrogen) atoms. The molecule has 8 rings (SSSR count). The van der Waals surface area contributed by atoms with Crippen molar-refractivity contribution in [3.63, 3.8) is 0 Å². The van der Waals surface area contributed by atoms with Crippen LogP contribution in [0.3, 0.4) is 0 Å². The number of methoxy groups -OCH3 is 1. The average Bonchev–Trinajstić information content (AvgIpc) is 3.54. The van der Waals surface area contributed by atoms with Gasteiger partial charge in [-0.05, 0) is 19.1 Å². The Balaban J connectivity index is 1.74. The molecule has 5 aromatic rings. The monoisotopic (exact) mass is 483 g/mol. The van der Waals surface area contributed by atoms with Crippen LogP contribution >= 0.6 is 0 Å². The second kappa shape index (κ2) is 6.07. The van der Waals surface area contributed by atoms with Crippen LogP contribution < -0.4 is 5.32 Å². The van der Waals surface area contributed by atoms with Crippen LogP contribution in [0.2, 0.25) is 0 Å². The number of carbonyl (C=O) groups is 2. The molecule has 180 valence electrons. The third-order valence-corrected chi connectivity index (χ3v) is 8.41. The van der Waals surface area contributed by atoms with Crippen molar-refractivity contribution in [3.05, 3.63) is 59.7 Å². The molecule has 1 saturated heterocycles. The van der Waals surface area contributed by atoms with Crippen molar-refractivity contribution in [3.8, 4) is 0 Å². The van der Waals surface area contributed by atoms with Gasteiger partial charge in [-0.15, -0.1) is 0 Å². The Hall–Kier alpha value is -3.92. The lowest BCUT2D eigenvalue weighted by Crippen LogP contribution is -2.56. The van der Waals surface area contributed by atoms with Gasteiger partial charge in [0.1, 0.15) is 6.23 Å². The Morgan fingerprint density at radius 1 is 1.08 bits per heavy atom. The molecule has 0 saturated carbocycles. The van der Waals surface area contributed by atoms with Crippen LogP contribution in [-0.2, 0) is 20.0 Å². The van der Waals surface area contributed by atoms with E-state index >= 15 is 0 Å². The molecule has 9 heteroatoms. The first-order chi connectivity index (χ1) is 17.3. The van der Waals surface area contributed by atoms with Gasteiger partial charge in [0, 0.05) is 33.5 Å². The normalized spacial score (nSPS) is 28.4. The number of fused-ring (bicyclic) bond motifs is 13. The number of aromatic nitrogens is 2. The molecular weight excluding hydrogens is 462 g/mol. The summed E-state index contributed by atoms with van der Waals surface area (Å²) in [6, 6.07) is 15.2. The molecule has 0 aliphatic carbocycles. The fourth-order valence-corrected chi connectivity index (χ4v) is 6.94. The predicted octanol–water partition coefficient (Wildman–Crippen LogP) is 3.15. The number of nitrogens with one attached hydrogen (secondary N) is 1. The lowest BCUT2D eigenvalue weighted by Gasteiger charge is -2.37. The zero-order valence-electron chi connectivity index (χ0n) is 19.4. The number of aliphatic hydroxyl groups is 2. The zero-order chi connectivity index (χ0) is 24.7. The highest BCUT2D eigenvalue weighted by molar-refractivity contribution is 6.31. The number of hydrogen-bond acceptors (Lipinski definition) is 6. The fourth-order valence-electron chi connectivity index (χ4n) is 6.94. The summed E-state index contributed by atoms with van der Waals surface area (Å²) < 4.78 is 15.6. The van der Waals surface area contributed by atoms with Crippen molar-refractivity contribution in [1.82, 2.24) is 14.5 Å². The third kappa shape index (κ3) is 1.92. The van der Waals surface area contributed by atoms with Crippen LogP contribution in [0, 0.1) is 0 Å². The van der Waals surface area contributed by atoms with Crippen LogP contribution in [0.1, 0.15) is 41.7 Å². The van der Waals surface area contributed by atoms with Crippen molar-refractivity contribution in [2.24, 2.45) is 0 Å². The number of amides is 1. The average molecular weight is 483 g/mol. The highest BCUT2D eigenvalue weighted by Crippen LogP contribution is 2.58. The molecule has 1 fully saturated rings. The van der Waals surface area contributed by atoms with Crippen molar-refractivity contribution in [2.75, 3.05) is 7.11 Å². The topological polar surface area (TPSA) is 115 Å².